The molecule has 5 rings (SSSR count). The standard InChI is InChI=1S/C30H33F2N7O/c1-21-15-29(36-30(35-21)33-19-23-6-8-28(40-3)9-7-23)39-22(2)24(20-34-39)5-4-10-37-11-13-38(14-12-37)27-17-25(31)16-26(32)18-27/h4-9,15-18,20H,10-14,19H2,1-3H3,(H,33,35,36)/b5-4+. The number of aromatic nitrogens is 4. The largest absolute Gasteiger partial charge is 0.497 e. The van der Waals surface area contributed by atoms with Crippen LogP contribution in [0.25, 0.3) is 11.9 Å². The van der Waals surface area contributed by atoms with Crippen molar-refractivity contribution in [2.24, 2.45) is 0 Å². The Morgan fingerprint density at radius 1 is 0.950 bits per heavy atom. The van der Waals surface area contributed by atoms with Crippen LogP contribution in [-0.4, -0.2) is 64.5 Å². The Hall–Kier alpha value is -4.31. The zero-order chi connectivity index (χ0) is 28.1. The van der Waals surface area contributed by atoms with E-state index in [4.69, 9.17) is 9.72 Å². The summed E-state index contributed by atoms with van der Waals surface area (Å²) >= 11 is 0. The summed E-state index contributed by atoms with van der Waals surface area (Å²) in [7, 11) is 1.65. The van der Waals surface area contributed by atoms with Crippen LogP contribution in [0, 0.1) is 25.5 Å². The van der Waals surface area contributed by atoms with Crippen molar-refractivity contribution in [1.82, 2.24) is 24.6 Å². The van der Waals surface area contributed by atoms with Gasteiger partial charge in [-0.15, -0.1) is 0 Å². The quantitative estimate of drug-likeness (QED) is 0.317. The highest BCUT2D eigenvalue weighted by molar-refractivity contribution is 5.53. The normalized spacial score (nSPS) is 14.2. The number of piperazine rings is 1. The van der Waals surface area contributed by atoms with Crippen molar-refractivity contribution < 1.29 is 13.5 Å². The van der Waals surface area contributed by atoms with Gasteiger partial charge in [0.25, 0.3) is 0 Å². The highest BCUT2D eigenvalue weighted by Gasteiger charge is 2.17. The lowest BCUT2D eigenvalue weighted by Gasteiger charge is -2.35. The SMILES string of the molecule is COc1ccc(CNc2nc(C)cc(-n3ncc(/C=C/CN4CCN(c5cc(F)cc(F)c5)CC4)c3C)n2)cc1. The van der Waals surface area contributed by atoms with Gasteiger partial charge in [0.05, 0.1) is 19.0 Å². The molecule has 0 aliphatic carbocycles. The van der Waals surface area contributed by atoms with Crippen LogP contribution >= 0.6 is 0 Å². The first-order valence-corrected chi connectivity index (χ1v) is 13.3. The van der Waals surface area contributed by atoms with E-state index in [1.807, 2.05) is 60.0 Å². The average Bonchev–Trinajstić information content (AvgIpc) is 3.31. The number of anilines is 2. The number of rotatable bonds is 9. The number of hydrogen-bond donors (Lipinski definition) is 1. The van der Waals surface area contributed by atoms with Crippen molar-refractivity contribution in [2.45, 2.75) is 20.4 Å². The molecule has 0 unspecified atom stereocenters. The molecule has 1 fully saturated rings. The number of nitrogens with one attached hydrogen (secondary N) is 1. The van der Waals surface area contributed by atoms with Gasteiger partial charge in [0.1, 0.15) is 17.4 Å². The minimum atomic E-state index is -0.547. The van der Waals surface area contributed by atoms with Crippen LogP contribution in [0.3, 0.4) is 0 Å². The fraction of sp³-hybridized carbons (Fsp3) is 0.300. The van der Waals surface area contributed by atoms with Crippen molar-refractivity contribution in [1.29, 1.82) is 0 Å². The highest BCUT2D eigenvalue weighted by atomic mass is 19.1. The molecule has 0 saturated carbocycles. The van der Waals surface area contributed by atoms with Crippen LogP contribution in [0.4, 0.5) is 20.4 Å². The molecule has 1 aliphatic rings. The summed E-state index contributed by atoms with van der Waals surface area (Å²) in [5.41, 5.74) is 4.52. The van der Waals surface area contributed by atoms with E-state index in [9.17, 15) is 8.78 Å². The van der Waals surface area contributed by atoms with E-state index in [1.165, 1.54) is 12.1 Å². The van der Waals surface area contributed by atoms with Gasteiger partial charge in [0, 0.05) is 68.3 Å². The maximum absolute atomic E-state index is 13.6. The van der Waals surface area contributed by atoms with E-state index in [0.717, 1.165) is 67.1 Å². The Balaban J connectivity index is 1.18. The Morgan fingerprint density at radius 2 is 1.68 bits per heavy atom. The number of aryl methyl sites for hydroxylation is 1. The predicted octanol–water partition coefficient (Wildman–Crippen LogP) is 5.01. The van der Waals surface area contributed by atoms with Crippen molar-refractivity contribution in [3.8, 4) is 11.6 Å². The van der Waals surface area contributed by atoms with Crippen molar-refractivity contribution in [3.63, 3.8) is 0 Å². The lowest BCUT2D eigenvalue weighted by atomic mass is 10.2. The first-order chi connectivity index (χ1) is 19.4. The highest BCUT2D eigenvalue weighted by Crippen LogP contribution is 2.20. The zero-order valence-electron chi connectivity index (χ0n) is 22.9. The van der Waals surface area contributed by atoms with E-state index < -0.39 is 11.6 Å². The summed E-state index contributed by atoms with van der Waals surface area (Å²) in [6.45, 7) is 8.39. The van der Waals surface area contributed by atoms with Gasteiger partial charge in [-0.3, -0.25) is 4.90 Å². The van der Waals surface area contributed by atoms with Crippen LogP contribution in [0.2, 0.25) is 0 Å². The van der Waals surface area contributed by atoms with Gasteiger partial charge in [0.2, 0.25) is 5.95 Å². The van der Waals surface area contributed by atoms with Crippen LogP contribution in [0.1, 0.15) is 22.5 Å². The number of benzene rings is 2. The molecule has 1 saturated heterocycles. The fourth-order valence-corrected chi connectivity index (χ4v) is 4.72. The summed E-state index contributed by atoms with van der Waals surface area (Å²) in [4.78, 5) is 13.6. The Bertz CT molecular complexity index is 1460. The molecule has 0 radical (unpaired) electrons. The van der Waals surface area contributed by atoms with Crippen LogP contribution in [0.15, 0.2) is 60.8 Å². The first-order valence-electron chi connectivity index (χ1n) is 13.3. The van der Waals surface area contributed by atoms with Gasteiger partial charge in [-0.05, 0) is 43.7 Å². The molecular formula is C30H33F2N7O. The summed E-state index contributed by atoms with van der Waals surface area (Å²) in [5.74, 6) is 0.965. The second-order valence-corrected chi connectivity index (χ2v) is 9.81. The molecule has 4 aromatic rings. The lowest BCUT2D eigenvalue weighted by Crippen LogP contribution is -2.46. The number of hydrogen-bond acceptors (Lipinski definition) is 7. The van der Waals surface area contributed by atoms with E-state index in [0.29, 0.717) is 24.0 Å². The van der Waals surface area contributed by atoms with Crippen LogP contribution in [-0.2, 0) is 6.54 Å². The van der Waals surface area contributed by atoms with Gasteiger partial charge in [-0.25, -0.2) is 18.4 Å². The monoisotopic (exact) mass is 545 g/mol. The van der Waals surface area contributed by atoms with Gasteiger partial charge in [-0.2, -0.15) is 10.1 Å². The van der Waals surface area contributed by atoms with Gasteiger partial charge >= 0.3 is 0 Å². The number of halogens is 2. The van der Waals surface area contributed by atoms with E-state index >= 15 is 0 Å². The Kier molecular flexibility index (Phi) is 8.35. The third-order valence-corrected chi connectivity index (χ3v) is 6.96. The maximum atomic E-state index is 13.6. The molecule has 1 N–H and O–H groups in total. The second kappa shape index (κ2) is 12.3. The zero-order valence-corrected chi connectivity index (χ0v) is 22.9. The molecule has 0 amide bonds. The Morgan fingerprint density at radius 3 is 2.38 bits per heavy atom. The molecule has 0 atom stereocenters. The smallest absolute Gasteiger partial charge is 0.225 e. The molecule has 3 heterocycles. The summed E-state index contributed by atoms with van der Waals surface area (Å²) in [5, 5.41) is 7.88. The second-order valence-electron chi connectivity index (χ2n) is 9.81. The molecule has 8 nitrogen and oxygen atoms in total. The topological polar surface area (TPSA) is 71.3 Å². The van der Waals surface area contributed by atoms with Crippen molar-refractivity contribution in [3.05, 3.63) is 95.0 Å². The van der Waals surface area contributed by atoms with Crippen LogP contribution in [0.5, 0.6) is 5.75 Å². The molecule has 40 heavy (non-hydrogen) atoms. The van der Waals surface area contributed by atoms with E-state index in [1.54, 1.807) is 7.11 Å². The molecule has 10 heteroatoms. The van der Waals surface area contributed by atoms with Crippen molar-refractivity contribution in [2.75, 3.05) is 50.1 Å². The van der Waals surface area contributed by atoms with Gasteiger partial charge in [-0.1, -0.05) is 24.3 Å². The first kappa shape index (κ1) is 27.3. The van der Waals surface area contributed by atoms with Gasteiger partial charge in [0.15, 0.2) is 5.82 Å². The fourth-order valence-electron chi connectivity index (χ4n) is 4.72. The average molecular weight is 546 g/mol. The molecule has 0 spiro atoms. The third kappa shape index (κ3) is 6.63. The third-order valence-electron chi connectivity index (χ3n) is 6.96. The van der Waals surface area contributed by atoms with Gasteiger partial charge < -0.3 is 15.0 Å². The molecule has 0 bridgehead atoms. The van der Waals surface area contributed by atoms with Crippen LogP contribution < -0.4 is 15.0 Å². The number of nitrogens with zero attached hydrogens (tertiary/aromatic N) is 6. The number of methoxy groups -OCH3 is 1. The van der Waals surface area contributed by atoms with E-state index in [2.05, 4.69) is 32.5 Å². The molecule has 2 aromatic heterocycles. The molecule has 2 aromatic carbocycles. The minimum absolute atomic E-state index is 0.540. The number of ether oxygens (including phenoxy) is 1. The lowest BCUT2D eigenvalue weighted by molar-refractivity contribution is 0.284. The summed E-state index contributed by atoms with van der Waals surface area (Å²) in [6, 6.07) is 13.5. The van der Waals surface area contributed by atoms with E-state index in [-0.39, 0.29) is 0 Å². The van der Waals surface area contributed by atoms with Crippen molar-refractivity contribution >= 4 is 17.7 Å². The minimum Gasteiger partial charge on any atom is -0.497 e. The maximum Gasteiger partial charge on any atom is 0.225 e. The molecule has 1 aliphatic heterocycles. The predicted molar refractivity (Wildman–Crippen MR) is 153 cm³/mol. The summed E-state index contributed by atoms with van der Waals surface area (Å²) in [6.07, 6.45) is 6.03. The summed E-state index contributed by atoms with van der Waals surface area (Å²) < 4.78 is 34.2. The Labute approximate surface area is 232 Å². The molecule has 208 valence electrons. The molecular weight excluding hydrogens is 512 g/mol.